The van der Waals surface area contributed by atoms with Gasteiger partial charge in [-0.2, -0.15) is 0 Å². The fraction of sp³-hybridized carbons (Fsp3) is 0.385. The molecule has 1 atom stereocenters. The Morgan fingerprint density at radius 1 is 1.35 bits per heavy atom. The van der Waals surface area contributed by atoms with E-state index in [2.05, 4.69) is 37.5 Å². The summed E-state index contributed by atoms with van der Waals surface area (Å²) < 4.78 is 0. The van der Waals surface area contributed by atoms with Gasteiger partial charge in [-0.1, -0.05) is 18.5 Å². The standard InChI is InChI=1S/C13H16ClNS2/c1-4-15-11(13-10(14)5-6-16-13)12-8(2)7-9(3)17-12/h5-7,11,15H,4H2,1-3H3. The maximum atomic E-state index is 6.25. The Morgan fingerprint density at radius 2 is 2.12 bits per heavy atom. The number of rotatable bonds is 4. The molecule has 1 N–H and O–H groups in total. The van der Waals surface area contributed by atoms with Gasteiger partial charge in [0.2, 0.25) is 0 Å². The van der Waals surface area contributed by atoms with Crippen LogP contribution in [0.5, 0.6) is 0 Å². The van der Waals surface area contributed by atoms with Crippen LogP contribution in [0.3, 0.4) is 0 Å². The predicted molar refractivity (Wildman–Crippen MR) is 78.6 cm³/mol. The van der Waals surface area contributed by atoms with Gasteiger partial charge < -0.3 is 5.32 Å². The van der Waals surface area contributed by atoms with Crippen LogP contribution >= 0.6 is 34.3 Å². The average molecular weight is 286 g/mol. The molecule has 2 aromatic heterocycles. The Hall–Kier alpha value is -0.350. The molecule has 0 aliphatic heterocycles. The van der Waals surface area contributed by atoms with E-state index in [1.54, 1.807) is 11.3 Å². The molecular formula is C13H16ClNS2. The summed E-state index contributed by atoms with van der Waals surface area (Å²) >= 11 is 9.83. The van der Waals surface area contributed by atoms with Crippen LogP contribution in [-0.2, 0) is 0 Å². The third-order valence-electron chi connectivity index (χ3n) is 2.66. The largest absolute Gasteiger partial charge is 0.305 e. The first-order valence-corrected chi connectivity index (χ1v) is 7.74. The molecule has 0 fully saturated rings. The molecule has 4 heteroatoms. The van der Waals surface area contributed by atoms with Crippen LogP contribution in [0.25, 0.3) is 0 Å². The molecule has 0 aliphatic carbocycles. The predicted octanol–water partition coefficient (Wildman–Crippen LogP) is 4.78. The van der Waals surface area contributed by atoms with E-state index in [1.807, 2.05) is 17.4 Å². The van der Waals surface area contributed by atoms with Crippen LogP contribution in [0, 0.1) is 13.8 Å². The van der Waals surface area contributed by atoms with Crippen molar-refractivity contribution in [1.82, 2.24) is 5.32 Å². The Labute approximate surface area is 115 Å². The van der Waals surface area contributed by atoms with E-state index in [-0.39, 0.29) is 6.04 Å². The topological polar surface area (TPSA) is 12.0 Å². The van der Waals surface area contributed by atoms with Crippen molar-refractivity contribution in [1.29, 1.82) is 0 Å². The van der Waals surface area contributed by atoms with E-state index in [0.717, 1.165) is 11.6 Å². The minimum absolute atomic E-state index is 0.242. The number of hydrogen-bond acceptors (Lipinski definition) is 3. The van der Waals surface area contributed by atoms with Crippen molar-refractivity contribution in [3.05, 3.63) is 42.7 Å². The highest BCUT2D eigenvalue weighted by Gasteiger charge is 2.20. The first kappa shape index (κ1) is 13.1. The summed E-state index contributed by atoms with van der Waals surface area (Å²) in [6.07, 6.45) is 0. The number of nitrogens with one attached hydrogen (secondary N) is 1. The lowest BCUT2D eigenvalue weighted by molar-refractivity contribution is 0.646. The van der Waals surface area contributed by atoms with Gasteiger partial charge in [-0.15, -0.1) is 22.7 Å². The normalized spacial score (nSPS) is 12.9. The molecule has 17 heavy (non-hydrogen) atoms. The van der Waals surface area contributed by atoms with Crippen LogP contribution in [-0.4, -0.2) is 6.54 Å². The number of halogens is 1. The second kappa shape index (κ2) is 5.53. The molecule has 0 bridgehead atoms. The SMILES string of the molecule is CCNC(c1sc(C)cc1C)c1sccc1Cl. The van der Waals surface area contributed by atoms with Crippen LogP contribution < -0.4 is 5.32 Å². The van der Waals surface area contributed by atoms with Gasteiger partial charge in [0.05, 0.1) is 11.1 Å². The number of thiophene rings is 2. The molecule has 2 rings (SSSR count). The molecule has 92 valence electrons. The minimum atomic E-state index is 0.242. The van der Waals surface area contributed by atoms with E-state index in [4.69, 9.17) is 11.6 Å². The van der Waals surface area contributed by atoms with Crippen LogP contribution in [0.2, 0.25) is 5.02 Å². The summed E-state index contributed by atoms with van der Waals surface area (Å²) in [5.74, 6) is 0. The smallest absolute Gasteiger partial charge is 0.0782 e. The van der Waals surface area contributed by atoms with Gasteiger partial charge in [-0.3, -0.25) is 0 Å². The monoisotopic (exact) mass is 285 g/mol. The zero-order chi connectivity index (χ0) is 12.4. The molecule has 0 aromatic carbocycles. The van der Waals surface area contributed by atoms with Gasteiger partial charge in [0.1, 0.15) is 0 Å². The van der Waals surface area contributed by atoms with Crippen molar-refractivity contribution in [3.63, 3.8) is 0 Å². The molecule has 0 saturated heterocycles. The average Bonchev–Trinajstić information content (AvgIpc) is 2.82. The lowest BCUT2D eigenvalue weighted by atomic mass is 10.1. The van der Waals surface area contributed by atoms with E-state index >= 15 is 0 Å². The Balaban J connectivity index is 2.42. The highest BCUT2D eigenvalue weighted by molar-refractivity contribution is 7.13. The Kier molecular flexibility index (Phi) is 4.26. The van der Waals surface area contributed by atoms with Crippen LogP contribution in [0.4, 0.5) is 0 Å². The van der Waals surface area contributed by atoms with Crippen molar-refractivity contribution >= 4 is 34.3 Å². The maximum absolute atomic E-state index is 6.25. The van der Waals surface area contributed by atoms with E-state index < -0.39 is 0 Å². The van der Waals surface area contributed by atoms with E-state index in [1.165, 1.54) is 20.2 Å². The quantitative estimate of drug-likeness (QED) is 0.852. The Morgan fingerprint density at radius 3 is 2.59 bits per heavy atom. The van der Waals surface area contributed by atoms with E-state index in [9.17, 15) is 0 Å². The van der Waals surface area contributed by atoms with Gasteiger partial charge in [0.25, 0.3) is 0 Å². The lowest BCUT2D eigenvalue weighted by Gasteiger charge is -2.16. The first-order chi connectivity index (χ1) is 8.13. The van der Waals surface area contributed by atoms with Crippen LogP contribution in [0.15, 0.2) is 17.5 Å². The molecule has 0 aliphatic rings. The molecular weight excluding hydrogens is 270 g/mol. The van der Waals surface area contributed by atoms with Crippen molar-refractivity contribution < 1.29 is 0 Å². The minimum Gasteiger partial charge on any atom is -0.305 e. The summed E-state index contributed by atoms with van der Waals surface area (Å²) in [7, 11) is 0. The second-order valence-electron chi connectivity index (χ2n) is 4.03. The van der Waals surface area contributed by atoms with Gasteiger partial charge in [0, 0.05) is 14.6 Å². The van der Waals surface area contributed by atoms with Gasteiger partial charge in [-0.05, 0) is 43.5 Å². The highest BCUT2D eigenvalue weighted by atomic mass is 35.5. The molecule has 0 radical (unpaired) electrons. The molecule has 2 aromatic rings. The summed E-state index contributed by atoms with van der Waals surface area (Å²) in [6.45, 7) is 7.39. The van der Waals surface area contributed by atoms with Crippen molar-refractivity contribution in [2.75, 3.05) is 6.54 Å². The van der Waals surface area contributed by atoms with Crippen molar-refractivity contribution in [2.24, 2.45) is 0 Å². The third kappa shape index (κ3) is 2.74. The maximum Gasteiger partial charge on any atom is 0.0782 e. The highest BCUT2D eigenvalue weighted by Crippen LogP contribution is 2.37. The molecule has 0 amide bonds. The molecule has 1 nitrogen and oxygen atoms in total. The summed E-state index contributed by atoms with van der Waals surface area (Å²) in [6, 6.07) is 4.46. The second-order valence-corrected chi connectivity index (χ2v) is 6.67. The van der Waals surface area contributed by atoms with Crippen LogP contribution in [0.1, 0.15) is 33.2 Å². The first-order valence-electron chi connectivity index (χ1n) is 5.66. The van der Waals surface area contributed by atoms with Gasteiger partial charge in [-0.25, -0.2) is 0 Å². The zero-order valence-corrected chi connectivity index (χ0v) is 12.6. The van der Waals surface area contributed by atoms with Crippen molar-refractivity contribution in [3.8, 4) is 0 Å². The molecule has 0 saturated carbocycles. The van der Waals surface area contributed by atoms with Gasteiger partial charge in [0.15, 0.2) is 0 Å². The van der Waals surface area contributed by atoms with Gasteiger partial charge >= 0.3 is 0 Å². The molecule has 2 heterocycles. The third-order valence-corrected chi connectivity index (χ3v) is 5.30. The van der Waals surface area contributed by atoms with Crippen molar-refractivity contribution in [2.45, 2.75) is 26.8 Å². The fourth-order valence-electron chi connectivity index (χ4n) is 1.97. The lowest BCUT2D eigenvalue weighted by Crippen LogP contribution is -2.21. The van der Waals surface area contributed by atoms with E-state index in [0.29, 0.717) is 0 Å². The number of hydrogen-bond donors (Lipinski definition) is 1. The summed E-state index contributed by atoms with van der Waals surface area (Å²) in [5.41, 5.74) is 1.35. The summed E-state index contributed by atoms with van der Waals surface area (Å²) in [4.78, 5) is 3.96. The fourth-order valence-corrected chi connectivity index (χ4v) is 4.41. The summed E-state index contributed by atoms with van der Waals surface area (Å²) in [5, 5.41) is 6.45. The zero-order valence-electron chi connectivity index (χ0n) is 10.2. The Bertz CT molecular complexity index is 501. The molecule has 1 unspecified atom stereocenters. The molecule has 0 spiro atoms. The number of aryl methyl sites for hydroxylation is 2.